The third-order valence-corrected chi connectivity index (χ3v) is 14.6. The molecule has 0 unspecified atom stereocenters. The Labute approximate surface area is 337 Å². The standard InChI is InChI=1S/C53H37BN2S/c1-52(2,3)32-24-26-33(27-25-32)55-44-31-29-40-48(36-15-4-6-16-37(36)53(40)38-17-7-12-22-46(38)57-47-23-13-8-18-39(47)53)49(44)54-41-19-9-11-21-43(41)56-42-20-10-5-14-34(42)35-28-30-45(55)50(54)51(35)56/h4-31H,1-3H3. The van der Waals surface area contributed by atoms with E-state index in [1.54, 1.807) is 0 Å². The van der Waals surface area contributed by atoms with Crippen molar-refractivity contribution in [2.75, 3.05) is 4.90 Å². The fourth-order valence-electron chi connectivity index (χ4n) is 11.2. The lowest BCUT2D eigenvalue weighted by atomic mass is 9.33. The molecule has 0 N–H and O–H groups in total. The van der Waals surface area contributed by atoms with Crippen molar-refractivity contribution < 1.29 is 0 Å². The molecule has 8 aromatic carbocycles. The smallest absolute Gasteiger partial charge is 0.252 e. The normalized spacial score (nSPS) is 14.9. The van der Waals surface area contributed by atoms with E-state index < -0.39 is 5.41 Å². The maximum Gasteiger partial charge on any atom is 0.252 e. The summed E-state index contributed by atoms with van der Waals surface area (Å²) in [6.07, 6.45) is 0. The van der Waals surface area contributed by atoms with Crippen molar-refractivity contribution in [2.45, 2.75) is 41.4 Å². The number of hydrogen-bond acceptors (Lipinski definition) is 2. The van der Waals surface area contributed by atoms with Crippen molar-refractivity contribution in [3.63, 3.8) is 0 Å². The topological polar surface area (TPSA) is 8.17 Å². The molecule has 3 aliphatic heterocycles. The molecule has 0 radical (unpaired) electrons. The molecule has 1 spiro atoms. The number of benzene rings is 8. The molecular formula is C53H37BN2S. The van der Waals surface area contributed by atoms with Crippen LogP contribution in [0.5, 0.6) is 0 Å². The van der Waals surface area contributed by atoms with Crippen molar-refractivity contribution in [3.8, 4) is 16.8 Å². The van der Waals surface area contributed by atoms with Gasteiger partial charge in [0.1, 0.15) is 0 Å². The van der Waals surface area contributed by atoms with E-state index in [2.05, 4.69) is 200 Å². The molecule has 9 aromatic rings. The Bertz CT molecular complexity index is 3180. The SMILES string of the molecule is CC(C)(C)c1ccc(N2c3ccc4c(c3B3c5ccccc5-n5c6ccccc6c6ccc2c3c65)-c2ccccc2C42c3ccccc3Sc3ccccc32)cc1. The number of nitrogens with zero attached hydrogens (tertiary/aromatic N) is 2. The Morgan fingerprint density at radius 2 is 1.14 bits per heavy atom. The number of aromatic nitrogens is 1. The molecule has 0 atom stereocenters. The van der Waals surface area contributed by atoms with Gasteiger partial charge in [0.15, 0.2) is 0 Å². The molecule has 4 heterocycles. The monoisotopic (exact) mass is 744 g/mol. The average Bonchev–Trinajstić information content (AvgIpc) is 3.74. The highest BCUT2D eigenvalue weighted by Gasteiger charge is 2.53. The van der Waals surface area contributed by atoms with Crippen LogP contribution in [0.4, 0.5) is 17.1 Å². The van der Waals surface area contributed by atoms with E-state index in [-0.39, 0.29) is 12.1 Å². The Morgan fingerprint density at radius 1 is 0.509 bits per heavy atom. The van der Waals surface area contributed by atoms with E-state index in [0.29, 0.717) is 0 Å². The molecule has 0 saturated heterocycles. The Hall–Kier alpha value is -6.23. The second kappa shape index (κ2) is 11.0. The van der Waals surface area contributed by atoms with Crippen LogP contribution in [0.15, 0.2) is 180 Å². The number of hydrogen-bond donors (Lipinski definition) is 0. The molecule has 0 fully saturated rings. The second-order valence-electron chi connectivity index (χ2n) is 17.2. The summed E-state index contributed by atoms with van der Waals surface area (Å²) in [6.45, 7) is 6.92. The largest absolute Gasteiger partial charge is 0.311 e. The number of para-hydroxylation sites is 2. The first-order valence-electron chi connectivity index (χ1n) is 20.1. The molecule has 4 aliphatic rings. The zero-order chi connectivity index (χ0) is 37.8. The predicted octanol–water partition coefficient (Wildman–Crippen LogP) is 11.5. The van der Waals surface area contributed by atoms with Gasteiger partial charge in [-0.1, -0.05) is 154 Å². The van der Waals surface area contributed by atoms with Crippen LogP contribution in [-0.4, -0.2) is 11.3 Å². The molecule has 57 heavy (non-hydrogen) atoms. The maximum atomic E-state index is 2.58. The van der Waals surface area contributed by atoms with Crippen molar-refractivity contribution in [3.05, 3.63) is 198 Å². The van der Waals surface area contributed by atoms with Crippen LogP contribution in [-0.2, 0) is 10.8 Å². The van der Waals surface area contributed by atoms with Crippen molar-refractivity contribution in [1.82, 2.24) is 4.57 Å². The molecule has 1 aliphatic carbocycles. The van der Waals surface area contributed by atoms with E-state index in [0.717, 1.165) is 0 Å². The van der Waals surface area contributed by atoms with Crippen molar-refractivity contribution in [2.24, 2.45) is 0 Å². The van der Waals surface area contributed by atoms with Gasteiger partial charge in [-0.15, -0.1) is 0 Å². The first-order valence-corrected chi connectivity index (χ1v) is 21.0. The van der Waals surface area contributed by atoms with E-state index in [1.165, 1.54) is 110 Å². The van der Waals surface area contributed by atoms with Crippen LogP contribution in [0.1, 0.15) is 48.6 Å². The summed E-state index contributed by atoms with van der Waals surface area (Å²) >= 11 is 1.91. The fourth-order valence-corrected chi connectivity index (χ4v) is 12.4. The fraction of sp³-hybridized carbons (Fsp3) is 0.0943. The van der Waals surface area contributed by atoms with Crippen LogP contribution in [0, 0.1) is 0 Å². The Morgan fingerprint density at radius 3 is 1.91 bits per heavy atom. The summed E-state index contributed by atoms with van der Waals surface area (Å²) < 4.78 is 2.56. The molecule has 2 nitrogen and oxygen atoms in total. The molecule has 1 aromatic heterocycles. The molecule has 0 bridgehead atoms. The van der Waals surface area contributed by atoms with Gasteiger partial charge in [0, 0.05) is 43.3 Å². The summed E-state index contributed by atoms with van der Waals surface area (Å²) in [5.74, 6) is 0. The lowest BCUT2D eigenvalue weighted by molar-refractivity contribution is 0.590. The molecule has 0 saturated carbocycles. The van der Waals surface area contributed by atoms with Crippen LogP contribution < -0.4 is 21.3 Å². The highest BCUT2D eigenvalue weighted by atomic mass is 32.2. The minimum absolute atomic E-state index is 0.0263. The molecular weight excluding hydrogens is 707 g/mol. The lowest BCUT2D eigenvalue weighted by Gasteiger charge is -2.42. The van der Waals surface area contributed by atoms with Gasteiger partial charge in [0.2, 0.25) is 0 Å². The summed E-state index contributed by atoms with van der Waals surface area (Å²) in [7, 11) is 0. The number of anilines is 3. The summed E-state index contributed by atoms with van der Waals surface area (Å²) in [6, 6.07) is 64.9. The first-order chi connectivity index (χ1) is 27.9. The van der Waals surface area contributed by atoms with Crippen molar-refractivity contribution >= 4 is 73.7 Å². The highest BCUT2D eigenvalue weighted by Crippen LogP contribution is 2.62. The molecule has 268 valence electrons. The summed E-state index contributed by atoms with van der Waals surface area (Å²) in [5.41, 5.74) is 20.9. The van der Waals surface area contributed by atoms with Gasteiger partial charge in [0.25, 0.3) is 6.71 Å². The van der Waals surface area contributed by atoms with E-state index in [1.807, 2.05) is 11.8 Å². The van der Waals surface area contributed by atoms with Crippen molar-refractivity contribution in [1.29, 1.82) is 0 Å². The average molecular weight is 745 g/mol. The Kier molecular flexibility index (Phi) is 6.16. The van der Waals surface area contributed by atoms with Crippen LogP contribution in [0.25, 0.3) is 38.6 Å². The van der Waals surface area contributed by atoms with E-state index in [4.69, 9.17) is 0 Å². The van der Waals surface area contributed by atoms with Gasteiger partial charge in [-0.3, -0.25) is 0 Å². The quantitative estimate of drug-likeness (QED) is 0.155. The molecule has 13 rings (SSSR count). The zero-order valence-electron chi connectivity index (χ0n) is 32.0. The van der Waals surface area contributed by atoms with E-state index in [9.17, 15) is 0 Å². The first kappa shape index (κ1) is 31.9. The minimum Gasteiger partial charge on any atom is -0.311 e. The second-order valence-corrected chi connectivity index (χ2v) is 18.3. The zero-order valence-corrected chi connectivity index (χ0v) is 32.9. The Balaban J connectivity index is 1.21. The van der Waals surface area contributed by atoms with Gasteiger partial charge in [-0.2, -0.15) is 0 Å². The molecule has 0 amide bonds. The summed E-state index contributed by atoms with van der Waals surface area (Å²) in [5, 5.41) is 2.61. The summed E-state index contributed by atoms with van der Waals surface area (Å²) in [4.78, 5) is 5.24. The maximum absolute atomic E-state index is 2.58. The van der Waals surface area contributed by atoms with Crippen LogP contribution in [0.2, 0.25) is 0 Å². The number of fused-ring (bicyclic) bond motifs is 18. The van der Waals surface area contributed by atoms with Crippen LogP contribution in [0.3, 0.4) is 0 Å². The van der Waals surface area contributed by atoms with Gasteiger partial charge in [-0.25, -0.2) is 0 Å². The third kappa shape index (κ3) is 3.90. The lowest BCUT2D eigenvalue weighted by Crippen LogP contribution is -2.61. The van der Waals surface area contributed by atoms with Gasteiger partial charge >= 0.3 is 0 Å². The minimum atomic E-state index is -0.450. The van der Waals surface area contributed by atoms with Crippen LogP contribution >= 0.6 is 11.8 Å². The third-order valence-electron chi connectivity index (χ3n) is 13.4. The van der Waals surface area contributed by atoms with E-state index >= 15 is 0 Å². The van der Waals surface area contributed by atoms with Gasteiger partial charge in [0.05, 0.1) is 16.4 Å². The van der Waals surface area contributed by atoms with Gasteiger partial charge < -0.3 is 9.47 Å². The highest BCUT2D eigenvalue weighted by molar-refractivity contribution is 7.99. The predicted molar refractivity (Wildman–Crippen MR) is 240 cm³/mol. The number of rotatable bonds is 1. The molecule has 4 heteroatoms. The van der Waals surface area contributed by atoms with Gasteiger partial charge in [-0.05, 0) is 109 Å².